The summed E-state index contributed by atoms with van der Waals surface area (Å²) >= 11 is 0. The highest BCUT2D eigenvalue weighted by Crippen LogP contribution is 2.34. The number of carbonyl (C=O) groups is 1. The van der Waals surface area contributed by atoms with E-state index in [1.54, 1.807) is 26.4 Å². The number of rotatable bonds is 6. The van der Waals surface area contributed by atoms with Gasteiger partial charge in [0.25, 0.3) is 0 Å². The van der Waals surface area contributed by atoms with E-state index in [0.29, 0.717) is 30.9 Å². The zero-order valence-electron chi connectivity index (χ0n) is 14.4. The normalized spacial score (nSPS) is 19.5. The summed E-state index contributed by atoms with van der Waals surface area (Å²) in [6.45, 7) is 0.394. The van der Waals surface area contributed by atoms with Crippen LogP contribution in [0, 0.1) is 11.8 Å². The third kappa shape index (κ3) is 3.71. The molecular formula is C20H22O5. The van der Waals surface area contributed by atoms with Crippen LogP contribution in [0.1, 0.15) is 11.1 Å². The topological polar surface area (TPSA) is 65.0 Å². The standard InChI is InChI=1S/C20H22O5/c1-23-18-8-7-13(10-19(18)24-2)9-15-12-25-20(22)16(15)11-14-5-3-4-6-17(14)21/h3-8,10,15-16,21H,9,11-12H2,1-2H3/t15-,16+/m0/s1. The van der Waals surface area contributed by atoms with Crippen LogP contribution in [0.4, 0.5) is 0 Å². The molecule has 1 N–H and O–H groups in total. The molecule has 132 valence electrons. The SMILES string of the molecule is COc1ccc(C[C@H]2COC(=O)[C@@H]2Cc2ccccc2O)cc1OC. The van der Waals surface area contributed by atoms with Gasteiger partial charge in [-0.15, -0.1) is 0 Å². The van der Waals surface area contributed by atoms with Crippen molar-refractivity contribution in [1.82, 2.24) is 0 Å². The number of aromatic hydroxyl groups is 1. The van der Waals surface area contributed by atoms with E-state index in [4.69, 9.17) is 14.2 Å². The Balaban J connectivity index is 1.77. The fraction of sp³-hybridized carbons (Fsp3) is 0.350. The molecule has 1 aliphatic rings. The number of ether oxygens (including phenoxy) is 3. The summed E-state index contributed by atoms with van der Waals surface area (Å²) in [7, 11) is 3.20. The lowest BCUT2D eigenvalue weighted by molar-refractivity contribution is -0.141. The molecule has 0 amide bonds. The lowest BCUT2D eigenvalue weighted by Gasteiger charge is -2.17. The Hall–Kier alpha value is -2.69. The van der Waals surface area contributed by atoms with Gasteiger partial charge in [-0.3, -0.25) is 4.79 Å². The molecule has 3 rings (SSSR count). The van der Waals surface area contributed by atoms with Gasteiger partial charge in [0.1, 0.15) is 5.75 Å². The lowest BCUT2D eigenvalue weighted by atomic mass is 9.85. The fourth-order valence-corrected chi connectivity index (χ4v) is 3.29. The van der Waals surface area contributed by atoms with Crippen molar-refractivity contribution in [3.8, 4) is 17.2 Å². The van der Waals surface area contributed by atoms with Crippen molar-refractivity contribution in [2.24, 2.45) is 11.8 Å². The van der Waals surface area contributed by atoms with Gasteiger partial charge in [-0.05, 0) is 42.2 Å². The van der Waals surface area contributed by atoms with Crippen LogP contribution >= 0.6 is 0 Å². The molecule has 1 saturated heterocycles. The number of carbonyl (C=O) groups excluding carboxylic acids is 1. The third-order valence-electron chi connectivity index (χ3n) is 4.69. The average Bonchev–Trinajstić information content (AvgIpc) is 2.96. The van der Waals surface area contributed by atoms with Crippen LogP contribution < -0.4 is 9.47 Å². The maximum absolute atomic E-state index is 12.2. The number of phenolic OH excluding ortho intramolecular Hbond substituents is 1. The first-order chi connectivity index (χ1) is 12.1. The van der Waals surface area contributed by atoms with Gasteiger partial charge in [-0.1, -0.05) is 24.3 Å². The van der Waals surface area contributed by atoms with Crippen LogP contribution in [0.3, 0.4) is 0 Å². The molecule has 5 nitrogen and oxygen atoms in total. The second-order valence-electron chi connectivity index (χ2n) is 6.22. The first-order valence-electron chi connectivity index (χ1n) is 8.26. The summed E-state index contributed by atoms with van der Waals surface area (Å²) in [5.41, 5.74) is 1.83. The molecular weight excluding hydrogens is 320 g/mol. The van der Waals surface area contributed by atoms with Gasteiger partial charge >= 0.3 is 5.97 Å². The molecule has 1 fully saturated rings. The van der Waals surface area contributed by atoms with Crippen molar-refractivity contribution >= 4 is 5.97 Å². The Morgan fingerprint density at radius 2 is 1.84 bits per heavy atom. The molecule has 0 aromatic heterocycles. The molecule has 2 aromatic rings. The molecule has 0 radical (unpaired) electrons. The molecule has 0 bridgehead atoms. The van der Waals surface area contributed by atoms with Crippen molar-refractivity contribution in [3.63, 3.8) is 0 Å². The van der Waals surface area contributed by atoms with Crippen molar-refractivity contribution in [1.29, 1.82) is 0 Å². The molecule has 1 heterocycles. The molecule has 0 saturated carbocycles. The quantitative estimate of drug-likeness (QED) is 0.818. The first kappa shape index (κ1) is 17.1. The first-order valence-corrected chi connectivity index (χ1v) is 8.26. The average molecular weight is 342 g/mol. The van der Waals surface area contributed by atoms with E-state index in [9.17, 15) is 9.90 Å². The Kier molecular flexibility index (Phi) is 5.12. The number of cyclic esters (lactones) is 1. The van der Waals surface area contributed by atoms with E-state index < -0.39 is 0 Å². The zero-order chi connectivity index (χ0) is 17.8. The molecule has 5 heteroatoms. The minimum Gasteiger partial charge on any atom is -0.508 e. The Morgan fingerprint density at radius 3 is 2.56 bits per heavy atom. The second-order valence-corrected chi connectivity index (χ2v) is 6.22. The molecule has 0 unspecified atom stereocenters. The van der Waals surface area contributed by atoms with Crippen molar-refractivity contribution < 1.29 is 24.1 Å². The summed E-state index contributed by atoms with van der Waals surface area (Å²) in [6, 6.07) is 12.9. The highest BCUT2D eigenvalue weighted by atomic mass is 16.5. The van der Waals surface area contributed by atoms with Gasteiger partial charge in [0, 0.05) is 5.92 Å². The molecule has 2 atom stereocenters. The largest absolute Gasteiger partial charge is 0.508 e. The van der Waals surface area contributed by atoms with Crippen LogP contribution in [-0.4, -0.2) is 31.9 Å². The smallest absolute Gasteiger partial charge is 0.309 e. The van der Waals surface area contributed by atoms with Crippen LogP contribution in [-0.2, 0) is 22.4 Å². The number of para-hydroxylation sites is 1. The Labute approximate surface area is 147 Å². The number of methoxy groups -OCH3 is 2. The van der Waals surface area contributed by atoms with Crippen LogP contribution in [0.5, 0.6) is 17.2 Å². The number of phenols is 1. The van der Waals surface area contributed by atoms with Gasteiger partial charge in [0.05, 0.1) is 26.7 Å². The predicted molar refractivity (Wildman–Crippen MR) is 93.0 cm³/mol. The Bertz CT molecular complexity index is 756. The van der Waals surface area contributed by atoms with E-state index >= 15 is 0 Å². The highest BCUT2D eigenvalue weighted by Gasteiger charge is 2.37. The summed E-state index contributed by atoms with van der Waals surface area (Å²) in [5.74, 6) is 1.16. The van der Waals surface area contributed by atoms with Crippen molar-refractivity contribution in [2.45, 2.75) is 12.8 Å². The Morgan fingerprint density at radius 1 is 1.08 bits per heavy atom. The summed E-state index contributed by atoms with van der Waals surface area (Å²) in [4.78, 5) is 12.2. The van der Waals surface area contributed by atoms with Gasteiger partial charge in [-0.2, -0.15) is 0 Å². The number of hydrogen-bond donors (Lipinski definition) is 1. The van der Waals surface area contributed by atoms with Crippen molar-refractivity contribution in [2.75, 3.05) is 20.8 Å². The number of hydrogen-bond acceptors (Lipinski definition) is 5. The van der Waals surface area contributed by atoms with E-state index in [2.05, 4.69) is 0 Å². The number of esters is 1. The molecule has 25 heavy (non-hydrogen) atoms. The van der Waals surface area contributed by atoms with Crippen molar-refractivity contribution in [3.05, 3.63) is 53.6 Å². The third-order valence-corrected chi connectivity index (χ3v) is 4.69. The molecule has 2 aromatic carbocycles. The monoisotopic (exact) mass is 342 g/mol. The second kappa shape index (κ2) is 7.47. The van der Waals surface area contributed by atoms with Crippen LogP contribution in [0.15, 0.2) is 42.5 Å². The number of benzene rings is 2. The maximum atomic E-state index is 12.2. The fourth-order valence-electron chi connectivity index (χ4n) is 3.29. The summed E-state index contributed by atoms with van der Waals surface area (Å²) < 4.78 is 15.9. The molecule has 1 aliphatic heterocycles. The summed E-state index contributed by atoms with van der Waals surface area (Å²) in [5, 5.41) is 9.98. The van der Waals surface area contributed by atoms with E-state index in [1.165, 1.54) is 0 Å². The van der Waals surface area contributed by atoms with E-state index in [-0.39, 0.29) is 23.6 Å². The van der Waals surface area contributed by atoms with Crippen LogP contribution in [0.25, 0.3) is 0 Å². The van der Waals surface area contributed by atoms with Gasteiger partial charge in [0.2, 0.25) is 0 Å². The minimum atomic E-state index is -0.263. The van der Waals surface area contributed by atoms with E-state index in [0.717, 1.165) is 11.1 Å². The predicted octanol–water partition coefficient (Wildman–Crippen LogP) is 2.98. The minimum absolute atomic E-state index is 0.0604. The van der Waals surface area contributed by atoms with Gasteiger partial charge < -0.3 is 19.3 Å². The molecule has 0 spiro atoms. The van der Waals surface area contributed by atoms with E-state index in [1.807, 2.05) is 30.3 Å². The lowest BCUT2D eigenvalue weighted by Crippen LogP contribution is -2.20. The molecule has 0 aliphatic carbocycles. The zero-order valence-corrected chi connectivity index (χ0v) is 14.4. The highest BCUT2D eigenvalue weighted by molar-refractivity contribution is 5.75. The summed E-state index contributed by atoms with van der Waals surface area (Å²) in [6.07, 6.45) is 1.17. The van der Waals surface area contributed by atoms with Gasteiger partial charge in [0.15, 0.2) is 11.5 Å². The van der Waals surface area contributed by atoms with Crippen LogP contribution in [0.2, 0.25) is 0 Å². The maximum Gasteiger partial charge on any atom is 0.309 e. The van der Waals surface area contributed by atoms with Gasteiger partial charge in [-0.25, -0.2) is 0 Å².